The first-order chi connectivity index (χ1) is 10.9. The topological polar surface area (TPSA) is 46.3 Å². The van der Waals surface area contributed by atoms with E-state index in [4.69, 9.17) is 5.73 Å². The average molecular weight is 320 g/mol. The van der Waals surface area contributed by atoms with Crippen LogP contribution in [0.5, 0.6) is 0 Å². The highest BCUT2D eigenvalue weighted by Crippen LogP contribution is 2.35. The summed E-state index contributed by atoms with van der Waals surface area (Å²) >= 11 is 0. The van der Waals surface area contributed by atoms with Gasteiger partial charge in [-0.15, -0.1) is 0 Å². The van der Waals surface area contributed by atoms with Crippen molar-refractivity contribution in [2.24, 2.45) is 5.73 Å². The van der Waals surface area contributed by atoms with Crippen molar-refractivity contribution in [2.45, 2.75) is 25.1 Å². The Kier molecular flexibility index (Phi) is 3.85. The van der Waals surface area contributed by atoms with Gasteiger partial charge in [0, 0.05) is 5.69 Å². The summed E-state index contributed by atoms with van der Waals surface area (Å²) in [6, 6.07) is 11.2. The highest BCUT2D eigenvalue weighted by atomic mass is 19.4. The van der Waals surface area contributed by atoms with E-state index >= 15 is 0 Å². The maximum Gasteiger partial charge on any atom is 0.416 e. The van der Waals surface area contributed by atoms with E-state index in [0.717, 1.165) is 17.7 Å². The van der Waals surface area contributed by atoms with Gasteiger partial charge < -0.3 is 5.73 Å². The zero-order valence-electron chi connectivity index (χ0n) is 12.2. The molecule has 23 heavy (non-hydrogen) atoms. The second-order valence-electron chi connectivity index (χ2n) is 5.49. The number of benzene rings is 2. The Bertz CT molecular complexity index is 725. The number of alkyl halides is 3. The third-order valence-corrected chi connectivity index (χ3v) is 3.95. The molecule has 1 atom stereocenters. The number of amides is 1. The van der Waals surface area contributed by atoms with Gasteiger partial charge in [-0.05, 0) is 48.7 Å². The van der Waals surface area contributed by atoms with Crippen LogP contribution in [-0.2, 0) is 17.4 Å². The number of hydrogen-bond donors (Lipinski definition) is 1. The molecule has 0 bridgehead atoms. The Morgan fingerprint density at radius 1 is 1.04 bits per heavy atom. The molecule has 0 fully saturated rings. The zero-order valence-corrected chi connectivity index (χ0v) is 12.2. The van der Waals surface area contributed by atoms with Crippen molar-refractivity contribution >= 4 is 17.3 Å². The molecule has 0 aromatic heterocycles. The number of rotatable bonds is 1. The molecule has 3 rings (SSSR count). The Morgan fingerprint density at radius 3 is 2.35 bits per heavy atom. The number of carbonyl (C=O) groups is 1. The number of nitrogens with zero attached hydrogens (tertiary/aromatic N) is 1. The number of halogens is 3. The lowest BCUT2D eigenvalue weighted by molar-refractivity contribution is -0.137. The minimum absolute atomic E-state index is 0.310. The van der Waals surface area contributed by atoms with Gasteiger partial charge in [-0.1, -0.05) is 18.2 Å². The predicted octanol–water partition coefficient (Wildman–Crippen LogP) is 3.64. The lowest BCUT2D eigenvalue weighted by atomic mass is 10.1. The van der Waals surface area contributed by atoms with Crippen molar-refractivity contribution in [1.29, 1.82) is 0 Å². The molecule has 1 amide bonds. The summed E-state index contributed by atoms with van der Waals surface area (Å²) in [5.41, 5.74) is 7.17. The van der Waals surface area contributed by atoms with Gasteiger partial charge in [-0.25, -0.2) is 0 Å². The van der Waals surface area contributed by atoms with Crippen LogP contribution in [0.25, 0.3) is 0 Å². The highest BCUT2D eigenvalue weighted by molar-refractivity contribution is 6.04. The van der Waals surface area contributed by atoms with Gasteiger partial charge in [0.2, 0.25) is 5.91 Å². The molecule has 0 radical (unpaired) electrons. The molecule has 1 aliphatic heterocycles. The monoisotopic (exact) mass is 320 g/mol. The van der Waals surface area contributed by atoms with Crippen LogP contribution < -0.4 is 10.6 Å². The van der Waals surface area contributed by atoms with Crippen molar-refractivity contribution in [3.05, 3.63) is 59.7 Å². The maximum atomic E-state index is 12.7. The first-order valence-electron chi connectivity index (χ1n) is 7.22. The van der Waals surface area contributed by atoms with Gasteiger partial charge in [0.25, 0.3) is 0 Å². The smallest absolute Gasteiger partial charge is 0.320 e. The minimum Gasteiger partial charge on any atom is -0.320 e. The highest BCUT2D eigenvalue weighted by Gasteiger charge is 2.32. The van der Waals surface area contributed by atoms with Crippen LogP contribution in [0.4, 0.5) is 24.5 Å². The van der Waals surface area contributed by atoms with E-state index in [1.54, 1.807) is 12.1 Å². The maximum absolute atomic E-state index is 12.7. The molecule has 3 nitrogen and oxygen atoms in total. The van der Waals surface area contributed by atoms with E-state index in [-0.39, 0.29) is 5.91 Å². The molecule has 2 aromatic rings. The molecular formula is C17H15F3N2O. The number of para-hydroxylation sites is 1. The molecule has 0 spiro atoms. The molecule has 6 heteroatoms. The Balaban J connectivity index is 2.07. The zero-order chi connectivity index (χ0) is 16.6. The van der Waals surface area contributed by atoms with Gasteiger partial charge in [0.1, 0.15) is 0 Å². The van der Waals surface area contributed by atoms with Crippen molar-refractivity contribution in [3.63, 3.8) is 0 Å². The number of fused-ring (bicyclic) bond motifs is 1. The second-order valence-corrected chi connectivity index (χ2v) is 5.49. The third-order valence-electron chi connectivity index (χ3n) is 3.95. The van der Waals surface area contributed by atoms with Crippen molar-refractivity contribution in [2.75, 3.05) is 4.90 Å². The van der Waals surface area contributed by atoms with Gasteiger partial charge in [-0.2, -0.15) is 13.2 Å². The van der Waals surface area contributed by atoms with E-state index in [9.17, 15) is 18.0 Å². The lowest BCUT2D eigenvalue weighted by Crippen LogP contribution is -2.40. The summed E-state index contributed by atoms with van der Waals surface area (Å²) in [7, 11) is 0. The fourth-order valence-corrected chi connectivity index (χ4v) is 2.73. The van der Waals surface area contributed by atoms with E-state index in [2.05, 4.69) is 0 Å². The van der Waals surface area contributed by atoms with Gasteiger partial charge in [-0.3, -0.25) is 9.69 Å². The first-order valence-corrected chi connectivity index (χ1v) is 7.22. The Morgan fingerprint density at radius 2 is 1.70 bits per heavy atom. The van der Waals surface area contributed by atoms with Crippen LogP contribution in [0.1, 0.15) is 17.5 Å². The molecule has 0 aliphatic carbocycles. The predicted molar refractivity (Wildman–Crippen MR) is 81.3 cm³/mol. The van der Waals surface area contributed by atoms with E-state index < -0.39 is 17.8 Å². The number of hydrogen-bond acceptors (Lipinski definition) is 2. The van der Waals surface area contributed by atoms with Crippen LogP contribution in [0, 0.1) is 0 Å². The van der Waals surface area contributed by atoms with Crippen LogP contribution in [0.3, 0.4) is 0 Å². The van der Waals surface area contributed by atoms with E-state index in [1.165, 1.54) is 17.0 Å². The number of nitrogens with two attached hydrogens (primary N) is 1. The fourth-order valence-electron chi connectivity index (χ4n) is 2.73. The quantitative estimate of drug-likeness (QED) is 0.872. The SMILES string of the molecule is NC1CCc2ccccc2N(c2ccc(C(F)(F)F)cc2)C1=O. The van der Waals surface area contributed by atoms with Gasteiger partial charge in [0.15, 0.2) is 0 Å². The third kappa shape index (κ3) is 2.94. The normalized spacial score (nSPS) is 18.5. The van der Waals surface area contributed by atoms with Crippen LogP contribution in [0.2, 0.25) is 0 Å². The minimum atomic E-state index is -4.41. The average Bonchev–Trinajstić information content (AvgIpc) is 2.65. The van der Waals surface area contributed by atoms with Gasteiger partial charge >= 0.3 is 6.18 Å². The summed E-state index contributed by atoms with van der Waals surface area (Å²) in [5.74, 6) is -0.310. The van der Waals surface area contributed by atoms with Crippen LogP contribution in [0.15, 0.2) is 48.5 Å². The molecule has 120 valence electrons. The molecule has 1 heterocycles. The fraction of sp³-hybridized carbons (Fsp3) is 0.235. The molecular weight excluding hydrogens is 305 g/mol. The van der Waals surface area contributed by atoms with Crippen LogP contribution >= 0.6 is 0 Å². The largest absolute Gasteiger partial charge is 0.416 e. The lowest BCUT2D eigenvalue weighted by Gasteiger charge is -2.25. The van der Waals surface area contributed by atoms with E-state index in [1.807, 2.05) is 12.1 Å². The van der Waals surface area contributed by atoms with E-state index in [0.29, 0.717) is 24.2 Å². The summed E-state index contributed by atoms with van der Waals surface area (Å²) in [6.45, 7) is 0. The molecule has 2 aromatic carbocycles. The number of carbonyl (C=O) groups excluding carboxylic acids is 1. The summed E-state index contributed by atoms with van der Waals surface area (Å²) in [6.07, 6.45) is -3.25. The molecule has 1 aliphatic rings. The molecule has 0 saturated carbocycles. The number of anilines is 2. The molecule has 1 unspecified atom stereocenters. The first kappa shape index (κ1) is 15.6. The van der Waals surface area contributed by atoms with Crippen molar-refractivity contribution in [3.8, 4) is 0 Å². The molecule has 2 N–H and O–H groups in total. The summed E-state index contributed by atoms with van der Waals surface area (Å²) in [5, 5.41) is 0. The van der Waals surface area contributed by atoms with Gasteiger partial charge in [0.05, 0.1) is 17.3 Å². The number of aryl methyl sites for hydroxylation is 1. The Hall–Kier alpha value is -2.34. The van der Waals surface area contributed by atoms with Crippen molar-refractivity contribution in [1.82, 2.24) is 0 Å². The second kappa shape index (κ2) is 5.70. The summed E-state index contributed by atoms with van der Waals surface area (Å²) < 4.78 is 38.1. The molecule has 0 saturated heterocycles. The summed E-state index contributed by atoms with van der Waals surface area (Å²) in [4.78, 5) is 14.0. The Labute approximate surface area is 131 Å². The van der Waals surface area contributed by atoms with Crippen LogP contribution in [-0.4, -0.2) is 11.9 Å². The van der Waals surface area contributed by atoms with Crippen molar-refractivity contribution < 1.29 is 18.0 Å². The standard InChI is InChI=1S/C17H15F3N2O/c18-17(19,20)12-6-8-13(9-7-12)22-15-4-2-1-3-11(15)5-10-14(21)16(22)23/h1-4,6-9,14H,5,10,21H2.